The van der Waals surface area contributed by atoms with Crippen LogP contribution in [0.15, 0.2) is 23.4 Å². The third-order valence-corrected chi connectivity index (χ3v) is 4.73. The molecule has 4 nitrogen and oxygen atoms in total. The molecular weight excluding hydrogens is 248 g/mol. The largest absolute Gasteiger partial charge is 0.313 e. The van der Waals surface area contributed by atoms with Crippen molar-refractivity contribution in [2.75, 3.05) is 12.3 Å². The van der Waals surface area contributed by atoms with Gasteiger partial charge >= 0.3 is 0 Å². The second-order valence-electron chi connectivity index (χ2n) is 4.83. The highest BCUT2D eigenvalue weighted by Gasteiger charge is 2.22. The van der Waals surface area contributed by atoms with Crippen molar-refractivity contribution in [3.05, 3.63) is 24.0 Å². The third-order valence-electron chi connectivity index (χ3n) is 3.05. The molecule has 0 aromatic carbocycles. The van der Waals surface area contributed by atoms with Crippen molar-refractivity contribution in [3.63, 3.8) is 0 Å². The Bertz CT molecular complexity index is 495. The summed E-state index contributed by atoms with van der Waals surface area (Å²) in [5, 5.41) is 3.22. The maximum absolute atomic E-state index is 12.1. The van der Waals surface area contributed by atoms with Gasteiger partial charge in [0.1, 0.15) is 0 Å². The van der Waals surface area contributed by atoms with E-state index in [0.717, 1.165) is 18.4 Å². The zero-order valence-corrected chi connectivity index (χ0v) is 11.5. The van der Waals surface area contributed by atoms with Crippen LogP contribution in [0.3, 0.4) is 0 Å². The molecule has 0 atom stereocenters. The highest BCUT2D eigenvalue weighted by Crippen LogP contribution is 2.18. The van der Waals surface area contributed by atoms with Crippen molar-refractivity contribution in [2.24, 2.45) is 0 Å². The quantitative estimate of drug-likeness (QED) is 0.815. The van der Waals surface area contributed by atoms with E-state index in [2.05, 4.69) is 17.2 Å². The molecule has 0 unspecified atom stereocenters. The van der Waals surface area contributed by atoms with Crippen LogP contribution in [0.4, 0.5) is 0 Å². The van der Waals surface area contributed by atoms with Gasteiger partial charge in [0.05, 0.1) is 10.6 Å². The van der Waals surface area contributed by atoms with Gasteiger partial charge in [-0.15, -0.1) is 0 Å². The zero-order chi connectivity index (χ0) is 13.0. The van der Waals surface area contributed by atoms with Crippen LogP contribution in [0.1, 0.15) is 31.7 Å². The van der Waals surface area contributed by atoms with Gasteiger partial charge in [-0.2, -0.15) is 0 Å². The standard InChI is InChI=1S/C13H20N2O2S/c1-2-3-11-8-13(10-14-9-11)18(16,17)7-6-15-12-4-5-12/h8-10,12,15H,2-7H2,1H3. The number of nitrogens with one attached hydrogen (secondary N) is 1. The molecule has 1 aromatic heterocycles. The van der Waals surface area contributed by atoms with Crippen molar-refractivity contribution in [3.8, 4) is 0 Å². The Labute approximate surface area is 109 Å². The number of aryl methyl sites for hydroxylation is 1. The highest BCUT2D eigenvalue weighted by atomic mass is 32.2. The molecule has 1 aliphatic rings. The van der Waals surface area contributed by atoms with Crippen molar-refractivity contribution in [1.29, 1.82) is 0 Å². The second-order valence-corrected chi connectivity index (χ2v) is 6.94. The summed E-state index contributed by atoms with van der Waals surface area (Å²) in [5.74, 6) is 0.154. The van der Waals surface area contributed by atoms with Crippen molar-refractivity contribution >= 4 is 9.84 Å². The number of hydrogen-bond acceptors (Lipinski definition) is 4. The van der Waals surface area contributed by atoms with Crippen molar-refractivity contribution in [1.82, 2.24) is 10.3 Å². The molecule has 5 heteroatoms. The van der Waals surface area contributed by atoms with Crippen LogP contribution < -0.4 is 5.32 Å². The topological polar surface area (TPSA) is 59.1 Å². The smallest absolute Gasteiger partial charge is 0.181 e. The summed E-state index contributed by atoms with van der Waals surface area (Å²) in [6.45, 7) is 2.60. The molecule has 1 saturated carbocycles. The second kappa shape index (κ2) is 5.80. The molecule has 1 heterocycles. The lowest BCUT2D eigenvalue weighted by Crippen LogP contribution is -2.24. The molecule has 1 fully saturated rings. The predicted octanol–water partition coefficient (Wildman–Crippen LogP) is 1.56. The minimum Gasteiger partial charge on any atom is -0.313 e. The normalized spacial score (nSPS) is 15.8. The van der Waals surface area contributed by atoms with Crippen LogP contribution in [-0.2, 0) is 16.3 Å². The van der Waals surface area contributed by atoms with Crippen molar-refractivity contribution in [2.45, 2.75) is 43.5 Å². The van der Waals surface area contributed by atoms with Gasteiger partial charge in [0, 0.05) is 25.0 Å². The average Bonchev–Trinajstić information content (AvgIpc) is 3.14. The van der Waals surface area contributed by atoms with Gasteiger partial charge in [0.25, 0.3) is 0 Å². The van der Waals surface area contributed by atoms with Crippen LogP contribution in [0.2, 0.25) is 0 Å². The van der Waals surface area contributed by atoms with E-state index in [1.54, 1.807) is 12.3 Å². The highest BCUT2D eigenvalue weighted by molar-refractivity contribution is 7.91. The fraction of sp³-hybridized carbons (Fsp3) is 0.615. The number of pyridine rings is 1. The van der Waals surface area contributed by atoms with Gasteiger partial charge in [-0.25, -0.2) is 8.42 Å². The first-order valence-corrected chi connectivity index (χ1v) is 8.17. The first-order chi connectivity index (χ1) is 8.62. The van der Waals surface area contributed by atoms with E-state index in [1.807, 2.05) is 0 Å². The summed E-state index contributed by atoms with van der Waals surface area (Å²) in [6, 6.07) is 2.30. The molecule has 1 aromatic rings. The van der Waals surface area contributed by atoms with E-state index >= 15 is 0 Å². The third kappa shape index (κ3) is 3.78. The molecular formula is C13H20N2O2S. The van der Waals surface area contributed by atoms with Gasteiger partial charge in [0.2, 0.25) is 0 Å². The van der Waals surface area contributed by atoms with E-state index in [1.165, 1.54) is 19.0 Å². The van der Waals surface area contributed by atoms with Crippen LogP contribution in [0.25, 0.3) is 0 Å². The Morgan fingerprint density at radius 1 is 1.39 bits per heavy atom. The fourth-order valence-corrected chi connectivity index (χ4v) is 3.04. The Kier molecular flexibility index (Phi) is 4.35. The number of rotatable bonds is 7. The minimum absolute atomic E-state index is 0.154. The molecule has 1 N–H and O–H groups in total. The predicted molar refractivity (Wildman–Crippen MR) is 71.3 cm³/mol. The van der Waals surface area contributed by atoms with Gasteiger partial charge in [-0.1, -0.05) is 13.3 Å². The van der Waals surface area contributed by atoms with Crippen molar-refractivity contribution < 1.29 is 8.42 Å². The zero-order valence-electron chi connectivity index (χ0n) is 10.7. The van der Waals surface area contributed by atoms with Crippen LogP contribution in [0.5, 0.6) is 0 Å². The Morgan fingerprint density at radius 3 is 2.83 bits per heavy atom. The first-order valence-electron chi connectivity index (χ1n) is 6.52. The molecule has 0 saturated heterocycles. The van der Waals surface area contributed by atoms with Gasteiger partial charge in [0.15, 0.2) is 9.84 Å². The summed E-state index contributed by atoms with van der Waals surface area (Å²) < 4.78 is 24.2. The monoisotopic (exact) mass is 268 g/mol. The number of hydrogen-bond donors (Lipinski definition) is 1. The number of aromatic nitrogens is 1. The minimum atomic E-state index is -3.19. The summed E-state index contributed by atoms with van der Waals surface area (Å²) in [4.78, 5) is 4.38. The van der Waals surface area contributed by atoms with E-state index in [-0.39, 0.29) is 5.75 Å². The van der Waals surface area contributed by atoms with Gasteiger partial charge in [-0.05, 0) is 30.9 Å². The maximum Gasteiger partial charge on any atom is 0.181 e. The molecule has 2 rings (SSSR count). The average molecular weight is 268 g/mol. The lowest BCUT2D eigenvalue weighted by molar-refractivity contribution is 0.590. The summed E-state index contributed by atoms with van der Waals surface area (Å²) >= 11 is 0. The summed E-state index contributed by atoms with van der Waals surface area (Å²) in [5.41, 5.74) is 0.994. The van der Waals surface area contributed by atoms with E-state index in [4.69, 9.17) is 0 Å². The van der Waals surface area contributed by atoms with Crippen LogP contribution >= 0.6 is 0 Å². The summed E-state index contributed by atoms with van der Waals surface area (Å²) in [6.07, 6.45) is 7.41. The molecule has 0 amide bonds. The van der Waals surface area contributed by atoms with Crippen LogP contribution in [-0.4, -0.2) is 31.7 Å². The molecule has 0 aliphatic heterocycles. The van der Waals surface area contributed by atoms with Gasteiger partial charge < -0.3 is 5.32 Å². The SMILES string of the molecule is CCCc1cncc(S(=O)(=O)CCNC2CC2)c1. The van der Waals surface area contributed by atoms with E-state index in [9.17, 15) is 8.42 Å². The Hall–Kier alpha value is -0.940. The molecule has 1 aliphatic carbocycles. The lowest BCUT2D eigenvalue weighted by atomic mass is 10.2. The summed E-state index contributed by atoms with van der Waals surface area (Å²) in [7, 11) is -3.19. The first kappa shape index (κ1) is 13.5. The number of sulfone groups is 1. The van der Waals surface area contributed by atoms with E-state index in [0.29, 0.717) is 17.5 Å². The molecule has 0 spiro atoms. The Balaban J connectivity index is 2.00. The van der Waals surface area contributed by atoms with Crippen LogP contribution in [0, 0.1) is 0 Å². The van der Waals surface area contributed by atoms with E-state index < -0.39 is 9.84 Å². The Morgan fingerprint density at radius 2 is 2.17 bits per heavy atom. The van der Waals surface area contributed by atoms with Gasteiger partial charge in [-0.3, -0.25) is 4.98 Å². The maximum atomic E-state index is 12.1. The number of nitrogens with zero attached hydrogens (tertiary/aromatic N) is 1. The molecule has 18 heavy (non-hydrogen) atoms. The molecule has 0 bridgehead atoms. The lowest BCUT2D eigenvalue weighted by Gasteiger charge is -2.06. The fourth-order valence-electron chi connectivity index (χ4n) is 1.86. The molecule has 0 radical (unpaired) electrons. The molecule has 100 valence electrons.